The summed E-state index contributed by atoms with van der Waals surface area (Å²) in [5.74, 6) is -0.190. The van der Waals surface area contributed by atoms with E-state index in [-0.39, 0.29) is 11.9 Å². The van der Waals surface area contributed by atoms with E-state index < -0.39 is 10.0 Å². The van der Waals surface area contributed by atoms with Crippen molar-refractivity contribution < 1.29 is 13.2 Å². The molecule has 1 atom stereocenters. The van der Waals surface area contributed by atoms with Crippen molar-refractivity contribution in [1.29, 1.82) is 0 Å². The first-order valence-electron chi connectivity index (χ1n) is 9.32. The van der Waals surface area contributed by atoms with E-state index in [0.717, 1.165) is 30.5 Å². The minimum atomic E-state index is -3.32. The molecule has 144 valence electrons. The summed E-state index contributed by atoms with van der Waals surface area (Å²) in [6, 6.07) is 13.0. The number of fused-ring (bicyclic) bond motifs is 1. The van der Waals surface area contributed by atoms with Crippen LogP contribution in [0.15, 0.2) is 42.5 Å². The highest BCUT2D eigenvalue weighted by molar-refractivity contribution is 7.92. The van der Waals surface area contributed by atoms with Gasteiger partial charge in [0.25, 0.3) is 5.91 Å². The second-order valence-corrected chi connectivity index (χ2v) is 9.07. The van der Waals surface area contributed by atoms with Crippen LogP contribution in [-0.2, 0) is 22.9 Å². The van der Waals surface area contributed by atoms with Crippen LogP contribution >= 0.6 is 0 Å². The summed E-state index contributed by atoms with van der Waals surface area (Å²) in [5.41, 5.74) is 4.11. The molecule has 2 aromatic rings. The van der Waals surface area contributed by atoms with E-state index in [0.29, 0.717) is 17.7 Å². The highest BCUT2D eigenvalue weighted by atomic mass is 32.2. The van der Waals surface area contributed by atoms with E-state index >= 15 is 0 Å². The van der Waals surface area contributed by atoms with E-state index in [2.05, 4.69) is 12.2 Å². The fraction of sp³-hybridized carbons (Fsp3) is 0.381. The summed E-state index contributed by atoms with van der Waals surface area (Å²) in [6.07, 6.45) is 5.18. The van der Waals surface area contributed by atoms with Crippen molar-refractivity contribution in [2.45, 2.75) is 45.6 Å². The normalized spacial score (nSPS) is 16.3. The van der Waals surface area contributed by atoms with Gasteiger partial charge in [-0.3, -0.25) is 9.10 Å². The third-order valence-corrected chi connectivity index (χ3v) is 6.15. The Hall–Kier alpha value is -2.34. The lowest BCUT2D eigenvalue weighted by Crippen LogP contribution is -2.34. The molecule has 1 unspecified atom stereocenters. The number of unbranched alkanes of at least 4 members (excludes halogenated alkanes) is 1. The van der Waals surface area contributed by atoms with Gasteiger partial charge in [-0.1, -0.05) is 25.5 Å². The van der Waals surface area contributed by atoms with Crippen molar-refractivity contribution in [2.75, 3.05) is 15.9 Å². The van der Waals surface area contributed by atoms with Gasteiger partial charge in [-0.05, 0) is 67.6 Å². The SMILES string of the molecule is CCCCc1ccc(NC(=O)c2ccc3c(c2)CC(C)N3S(C)(=O)=O)cc1. The van der Waals surface area contributed by atoms with Gasteiger partial charge in [0.1, 0.15) is 0 Å². The lowest BCUT2D eigenvalue weighted by Gasteiger charge is -2.21. The Morgan fingerprint density at radius 3 is 2.52 bits per heavy atom. The predicted molar refractivity (Wildman–Crippen MR) is 110 cm³/mol. The summed E-state index contributed by atoms with van der Waals surface area (Å²) < 4.78 is 25.4. The Bertz CT molecular complexity index is 936. The summed E-state index contributed by atoms with van der Waals surface area (Å²) in [5, 5.41) is 2.91. The Labute approximate surface area is 161 Å². The molecule has 5 nitrogen and oxygen atoms in total. The zero-order chi connectivity index (χ0) is 19.6. The molecule has 1 aliphatic rings. The van der Waals surface area contributed by atoms with Gasteiger partial charge in [0.05, 0.1) is 11.9 Å². The second kappa shape index (κ2) is 7.72. The fourth-order valence-electron chi connectivity index (χ4n) is 3.59. The first-order chi connectivity index (χ1) is 12.8. The molecule has 6 heteroatoms. The lowest BCUT2D eigenvalue weighted by molar-refractivity contribution is 0.102. The molecule has 0 fully saturated rings. The van der Waals surface area contributed by atoms with Gasteiger partial charge in [0, 0.05) is 17.3 Å². The average molecular weight is 387 g/mol. The van der Waals surface area contributed by atoms with E-state index in [1.54, 1.807) is 18.2 Å². The van der Waals surface area contributed by atoms with Crippen LogP contribution in [0.3, 0.4) is 0 Å². The van der Waals surface area contributed by atoms with Gasteiger partial charge in [-0.25, -0.2) is 8.42 Å². The molecule has 0 bridgehead atoms. The number of carbonyl (C=O) groups is 1. The number of anilines is 2. The molecule has 0 aliphatic carbocycles. The number of nitrogens with one attached hydrogen (secondary N) is 1. The van der Waals surface area contributed by atoms with Crippen molar-refractivity contribution in [1.82, 2.24) is 0 Å². The molecule has 2 aromatic carbocycles. The second-order valence-electron chi connectivity index (χ2n) is 7.21. The van der Waals surface area contributed by atoms with Crippen molar-refractivity contribution in [3.05, 3.63) is 59.2 Å². The first kappa shape index (κ1) is 19.4. The molecule has 1 amide bonds. The number of rotatable bonds is 6. The van der Waals surface area contributed by atoms with Crippen LogP contribution in [-0.4, -0.2) is 26.6 Å². The molecule has 0 spiro atoms. The van der Waals surface area contributed by atoms with Crippen LogP contribution in [0, 0.1) is 0 Å². The van der Waals surface area contributed by atoms with Gasteiger partial charge < -0.3 is 5.32 Å². The first-order valence-corrected chi connectivity index (χ1v) is 11.2. The number of benzene rings is 2. The maximum Gasteiger partial charge on any atom is 0.255 e. The van der Waals surface area contributed by atoms with Crippen molar-refractivity contribution in [2.24, 2.45) is 0 Å². The number of hydrogen-bond acceptors (Lipinski definition) is 3. The fourth-order valence-corrected chi connectivity index (χ4v) is 4.85. The van der Waals surface area contributed by atoms with Crippen LogP contribution in [0.25, 0.3) is 0 Å². The summed E-state index contributed by atoms with van der Waals surface area (Å²) in [7, 11) is -3.32. The van der Waals surface area contributed by atoms with E-state index in [4.69, 9.17) is 0 Å². The van der Waals surface area contributed by atoms with Crippen LogP contribution in [0.4, 0.5) is 11.4 Å². The topological polar surface area (TPSA) is 66.5 Å². The molecule has 3 rings (SSSR count). The molecular formula is C21H26N2O3S. The summed E-state index contributed by atoms with van der Waals surface area (Å²) in [4.78, 5) is 12.6. The number of sulfonamides is 1. The van der Waals surface area contributed by atoms with Crippen LogP contribution < -0.4 is 9.62 Å². The van der Waals surface area contributed by atoms with E-state index in [1.165, 1.54) is 16.1 Å². The summed E-state index contributed by atoms with van der Waals surface area (Å²) in [6.45, 7) is 4.04. The maximum atomic E-state index is 12.6. The van der Waals surface area contributed by atoms with Gasteiger partial charge in [0.2, 0.25) is 10.0 Å². The van der Waals surface area contributed by atoms with Crippen LogP contribution in [0.5, 0.6) is 0 Å². The molecule has 1 heterocycles. The van der Waals surface area contributed by atoms with Gasteiger partial charge in [0.15, 0.2) is 0 Å². The highest BCUT2D eigenvalue weighted by Gasteiger charge is 2.32. The summed E-state index contributed by atoms with van der Waals surface area (Å²) >= 11 is 0. The zero-order valence-electron chi connectivity index (χ0n) is 16.0. The largest absolute Gasteiger partial charge is 0.322 e. The smallest absolute Gasteiger partial charge is 0.255 e. The van der Waals surface area contributed by atoms with Gasteiger partial charge in [-0.2, -0.15) is 0 Å². The van der Waals surface area contributed by atoms with E-state index in [9.17, 15) is 13.2 Å². The molecule has 27 heavy (non-hydrogen) atoms. The monoisotopic (exact) mass is 386 g/mol. The van der Waals surface area contributed by atoms with Gasteiger partial charge in [-0.15, -0.1) is 0 Å². The Morgan fingerprint density at radius 2 is 1.89 bits per heavy atom. The molecule has 0 radical (unpaired) electrons. The minimum absolute atomic E-state index is 0.135. The van der Waals surface area contributed by atoms with Crippen molar-refractivity contribution >= 4 is 27.3 Å². The average Bonchev–Trinajstić information content (AvgIpc) is 2.96. The van der Waals surface area contributed by atoms with Crippen molar-refractivity contribution in [3.8, 4) is 0 Å². The third kappa shape index (κ3) is 4.33. The third-order valence-electron chi connectivity index (χ3n) is 4.88. The number of hydrogen-bond donors (Lipinski definition) is 1. The zero-order valence-corrected chi connectivity index (χ0v) is 16.8. The number of nitrogens with zero attached hydrogens (tertiary/aromatic N) is 1. The molecule has 1 N–H and O–H groups in total. The number of aryl methyl sites for hydroxylation is 1. The van der Waals surface area contributed by atoms with Crippen molar-refractivity contribution in [3.63, 3.8) is 0 Å². The molecule has 0 aromatic heterocycles. The van der Waals surface area contributed by atoms with E-state index in [1.807, 2.05) is 31.2 Å². The number of carbonyl (C=O) groups excluding carboxylic acids is 1. The Morgan fingerprint density at radius 1 is 1.19 bits per heavy atom. The Balaban J connectivity index is 1.74. The van der Waals surface area contributed by atoms with Crippen LogP contribution in [0.2, 0.25) is 0 Å². The molecular weight excluding hydrogens is 360 g/mol. The van der Waals surface area contributed by atoms with Gasteiger partial charge >= 0.3 is 0 Å². The predicted octanol–water partition coefficient (Wildman–Crippen LogP) is 3.99. The van der Waals surface area contributed by atoms with Crippen LogP contribution in [0.1, 0.15) is 48.2 Å². The quantitative estimate of drug-likeness (QED) is 0.816. The molecule has 1 aliphatic heterocycles. The highest BCUT2D eigenvalue weighted by Crippen LogP contribution is 2.34. The molecule has 0 saturated heterocycles. The minimum Gasteiger partial charge on any atom is -0.322 e. The Kier molecular flexibility index (Phi) is 5.56. The number of amides is 1. The maximum absolute atomic E-state index is 12.6. The standard InChI is InChI=1S/C21H26N2O3S/c1-4-5-6-16-7-10-19(11-8-16)22-21(24)17-9-12-20-18(14-17)13-15(2)23(20)27(3,25)26/h7-12,14-15H,4-6,13H2,1-3H3,(H,22,24). The molecule has 0 saturated carbocycles. The lowest BCUT2D eigenvalue weighted by atomic mass is 10.1.